The van der Waals surface area contributed by atoms with Gasteiger partial charge in [-0.25, -0.2) is 4.99 Å². The van der Waals surface area contributed by atoms with E-state index in [1.54, 1.807) is 20.4 Å². The van der Waals surface area contributed by atoms with Gasteiger partial charge < -0.3 is 18.6 Å². The lowest BCUT2D eigenvalue weighted by molar-refractivity contribution is 0.306. The van der Waals surface area contributed by atoms with E-state index in [2.05, 4.69) is 42.3 Å². The number of hydrogen-bond donors (Lipinski definition) is 0. The third-order valence-corrected chi connectivity index (χ3v) is 6.47. The van der Waals surface area contributed by atoms with Crippen LogP contribution in [0.25, 0.3) is 22.5 Å². The lowest BCUT2D eigenvalue weighted by atomic mass is 9.98. The van der Waals surface area contributed by atoms with E-state index in [-0.39, 0.29) is 5.88 Å². The molecule has 0 radical (unpaired) electrons. The fraction of sp³-hybridized carbons (Fsp3) is 0.118. The second-order valence-corrected chi connectivity index (χ2v) is 9.16. The first kappa shape index (κ1) is 26.3. The molecule has 0 aliphatic heterocycles. The molecule has 0 saturated heterocycles. The van der Waals surface area contributed by atoms with Crippen LogP contribution in [0.4, 0.5) is 5.88 Å². The van der Waals surface area contributed by atoms with Crippen molar-refractivity contribution in [1.29, 1.82) is 5.26 Å². The lowest BCUT2D eigenvalue weighted by Crippen LogP contribution is -1.95. The Morgan fingerprint density at radius 3 is 1.90 bits per heavy atom. The van der Waals surface area contributed by atoms with Gasteiger partial charge in [0, 0.05) is 17.3 Å². The van der Waals surface area contributed by atoms with Gasteiger partial charge in [-0.15, -0.1) is 0 Å². The molecule has 4 aromatic carbocycles. The van der Waals surface area contributed by atoms with Gasteiger partial charge in [0.05, 0.1) is 14.2 Å². The van der Waals surface area contributed by atoms with E-state index >= 15 is 0 Å². The number of benzene rings is 4. The predicted molar refractivity (Wildman–Crippen MR) is 157 cm³/mol. The minimum atomic E-state index is 0.235. The van der Waals surface area contributed by atoms with Gasteiger partial charge in [0.15, 0.2) is 0 Å². The van der Waals surface area contributed by atoms with Gasteiger partial charge in [-0.1, -0.05) is 42.0 Å². The van der Waals surface area contributed by atoms with Gasteiger partial charge in [0.1, 0.15) is 41.2 Å². The Hall–Kier alpha value is -5.28. The van der Waals surface area contributed by atoms with Gasteiger partial charge in [-0.05, 0) is 84.3 Å². The summed E-state index contributed by atoms with van der Waals surface area (Å²) in [6.07, 6.45) is 1.68. The molecule has 0 N–H and O–H groups in total. The van der Waals surface area contributed by atoms with Crippen LogP contribution >= 0.6 is 0 Å². The van der Waals surface area contributed by atoms with Crippen molar-refractivity contribution in [2.75, 3.05) is 14.2 Å². The maximum atomic E-state index is 10.2. The zero-order valence-electron chi connectivity index (χ0n) is 22.5. The Bertz CT molecular complexity index is 1640. The van der Waals surface area contributed by atoms with Crippen LogP contribution in [0.5, 0.6) is 17.2 Å². The monoisotopic (exact) mass is 528 g/mol. The van der Waals surface area contributed by atoms with Crippen LogP contribution in [-0.2, 0) is 6.61 Å². The summed E-state index contributed by atoms with van der Waals surface area (Å²) < 4.78 is 22.8. The molecule has 40 heavy (non-hydrogen) atoms. The lowest BCUT2D eigenvalue weighted by Gasteiger charge is -2.06. The van der Waals surface area contributed by atoms with Crippen molar-refractivity contribution < 1.29 is 18.6 Å². The normalized spacial score (nSPS) is 10.8. The van der Waals surface area contributed by atoms with Crippen molar-refractivity contribution in [3.63, 3.8) is 0 Å². The molecule has 0 fully saturated rings. The van der Waals surface area contributed by atoms with Crippen molar-refractivity contribution in [2.24, 2.45) is 4.99 Å². The fourth-order valence-electron chi connectivity index (χ4n) is 4.23. The summed E-state index contributed by atoms with van der Waals surface area (Å²) in [6.45, 7) is 2.56. The van der Waals surface area contributed by atoms with Gasteiger partial charge in [0.25, 0.3) is 0 Å². The molecule has 0 atom stereocenters. The van der Waals surface area contributed by atoms with Crippen LogP contribution in [0.3, 0.4) is 0 Å². The minimum Gasteiger partial charge on any atom is -0.497 e. The maximum absolute atomic E-state index is 10.2. The Morgan fingerprint density at radius 1 is 0.750 bits per heavy atom. The Kier molecular flexibility index (Phi) is 7.94. The molecule has 0 amide bonds. The molecular formula is C34H28N2O4. The van der Waals surface area contributed by atoms with E-state index in [0.29, 0.717) is 23.5 Å². The number of nitrogens with zero attached hydrogens (tertiary/aromatic N) is 2. The molecule has 1 heterocycles. The van der Waals surface area contributed by atoms with Gasteiger partial charge in [-0.3, -0.25) is 0 Å². The SMILES string of the molecule is COc1ccc(-c2oc(N=Cc3ccc(OCc4ccc(C)cc4)cc3)c(C#N)c2-c2ccc(OC)cc2)cc1. The average Bonchev–Trinajstić information content (AvgIpc) is 3.38. The number of nitriles is 1. The number of ether oxygens (including phenoxy) is 3. The van der Waals surface area contributed by atoms with Crippen LogP contribution in [0.15, 0.2) is 106 Å². The van der Waals surface area contributed by atoms with Crippen molar-refractivity contribution in [3.05, 3.63) is 119 Å². The van der Waals surface area contributed by atoms with E-state index in [0.717, 1.165) is 39.5 Å². The average molecular weight is 529 g/mol. The van der Waals surface area contributed by atoms with E-state index in [4.69, 9.17) is 18.6 Å². The van der Waals surface area contributed by atoms with Crippen LogP contribution in [-0.4, -0.2) is 20.4 Å². The van der Waals surface area contributed by atoms with Crippen molar-refractivity contribution in [2.45, 2.75) is 13.5 Å². The molecule has 6 nitrogen and oxygen atoms in total. The van der Waals surface area contributed by atoms with Crippen molar-refractivity contribution in [3.8, 4) is 45.8 Å². The quantitative estimate of drug-likeness (QED) is 0.180. The number of furan rings is 1. The van der Waals surface area contributed by atoms with Crippen LogP contribution in [0.1, 0.15) is 22.3 Å². The molecule has 0 bridgehead atoms. The van der Waals surface area contributed by atoms with Crippen molar-refractivity contribution in [1.82, 2.24) is 0 Å². The first-order valence-electron chi connectivity index (χ1n) is 12.8. The molecule has 6 heteroatoms. The summed E-state index contributed by atoms with van der Waals surface area (Å²) in [5, 5.41) is 10.2. The molecule has 5 rings (SSSR count). The first-order chi connectivity index (χ1) is 19.6. The molecule has 198 valence electrons. The highest BCUT2D eigenvalue weighted by Crippen LogP contribution is 2.43. The largest absolute Gasteiger partial charge is 0.497 e. The zero-order valence-corrected chi connectivity index (χ0v) is 22.5. The second-order valence-electron chi connectivity index (χ2n) is 9.16. The smallest absolute Gasteiger partial charge is 0.238 e. The standard InChI is InChI=1S/C34H28N2O4/c1-23-4-6-25(7-5-23)22-39-30-14-8-24(9-15-30)21-36-34-31(20-35)32(26-10-16-28(37-2)17-11-26)33(40-34)27-12-18-29(38-3)19-13-27/h4-19,21H,22H2,1-3H3. The molecule has 1 aromatic heterocycles. The summed E-state index contributed by atoms with van der Waals surface area (Å²) in [7, 11) is 3.24. The molecule has 0 saturated carbocycles. The molecule has 0 aliphatic rings. The Labute approximate surface area is 233 Å². The number of aryl methyl sites for hydroxylation is 1. The van der Waals surface area contributed by atoms with Crippen LogP contribution < -0.4 is 14.2 Å². The van der Waals surface area contributed by atoms with E-state index < -0.39 is 0 Å². The highest BCUT2D eigenvalue weighted by Gasteiger charge is 2.23. The molecule has 5 aromatic rings. The van der Waals surface area contributed by atoms with E-state index in [1.165, 1.54) is 5.56 Å². The summed E-state index contributed by atoms with van der Waals surface area (Å²) >= 11 is 0. The highest BCUT2D eigenvalue weighted by atomic mass is 16.5. The Morgan fingerprint density at radius 2 is 1.32 bits per heavy atom. The fourth-order valence-corrected chi connectivity index (χ4v) is 4.23. The number of hydrogen-bond acceptors (Lipinski definition) is 6. The zero-order chi connectivity index (χ0) is 27.9. The van der Waals surface area contributed by atoms with Gasteiger partial charge in [0.2, 0.25) is 5.88 Å². The summed E-state index contributed by atoms with van der Waals surface area (Å²) in [4.78, 5) is 4.57. The number of rotatable bonds is 9. The third kappa shape index (κ3) is 5.90. The molecule has 0 unspecified atom stereocenters. The first-order valence-corrected chi connectivity index (χ1v) is 12.8. The topological polar surface area (TPSA) is 77.0 Å². The third-order valence-electron chi connectivity index (χ3n) is 6.47. The van der Waals surface area contributed by atoms with Gasteiger partial charge in [-0.2, -0.15) is 5.26 Å². The second kappa shape index (κ2) is 12.1. The van der Waals surface area contributed by atoms with Crippen LogP contribution in [0, 0.1) is 18.3 Å². The van der Waals surface area contributed by atoms with Crippen LogP contribution in [0.2, 0.25) is 0 Å². The highest BCUT2D eigenvalue weighted by molar-refractivity contribution is 5.90. The summed E-state index contributed by atoms with van der Waals surface area (Å²) in [6, 6.07) is 33.2. The minimum absolute atomic E-state index is 0.235. The maximum Gasteiger partial charge on any atom is 0.238 e. The van der Waals surface area contributed by atoms with E-state index in [1.807, 2.05) is 72.8 Å². The van der Waals surface area contributed by atoms with Crippen molar-refractivity contribution >= 4 is 12.1 Å². The van der Waals surface area contributed by atoms with Gasteiger partial charge >= 0.3 is 0 Å². The molecular weight excluding hydrogens is 500 g/mol. The molecule has 0 spiro atoms. The summed E-state index contributed by atoms with van der Waals surface area (Å²) in [5.41, 5.74) is 5.82. The number of methoxy groups -OCH3 is 2. The predicted octanol–water partition coefficient (Wildman–Crippen LogP) is 8.14. The number of aliphatic imine (C=N–C) groups is 1. The summed E-state index contributed by atoms with van der Waals surface area (Å²) in [5.74, 6) is 3.00. The molecule has 0 aliphatic carbocycles. The Balaban J connectivity index is 1.43. The van der Waals surface area contributed by atoms with E-state index in [9.17, 15) is 5.26 Å².